The smallest absolute Gasteiger partial charge is 0.216 e. The van der Waals surface area contributed by atoms with Crippen molar-refractivity contribution in [1.82, 2.24) is 9.71 Å². The summed E-state index contributed by atoms with van der Waals surface area (Å²) in [7, 11) is -3.53. The molecule has 0 saturated heterocycles. The summed E-state index contributed by atoms with van der Waals surface area (Å²) < 4.78 is 27.3. The van der Waals surface area contributed by atoms with Crippen molar-refractivity contribution >= 4 is 20.9 Å². The Labute approximate surface area is 131 Å². The van der Waals surface area contributed by atoms with Crippen LogP contribution in [0.5, 0.6) is 0 Å². The van der Waals surface area contributed by atoms with E-state index in [2.05, 4.69) is 9.71 Å². The topological polar surface area (TPSA) is 79.3 Å². The van der Waals surface area contributed by atoms with Gasteiger partial charge in [0.25, 0.3) is 0 Å². The van der Waals surface area contributed by atoms with E-state index in [-0.39, 0.29) is 12.4 Å². The Morgan fingerprint density at radius 1 is 1.23 bits per heavy atom. The minimum atomic E-state index is -3.53. The molecule has 1 aromatic carbocycles. The Kier molecular flexibility index (Phi) is 5.50. The van der Waals surface area contributed by atoms with Gasteiger partial charge in [0.05, 0.1) is 17.9 Å². The highest BCUT2D eigenvalue weighted by atomic mass is 32.2. The maximum absolute atomic E-state index is 12.3. The van der Waals surface area contributed by atoms with Crippen LogP contribution < -0.4 is 4.72 Å². The van der Waals surface area contributed by atoms with Crippen LogP contribution in [0.3, 0.4) is 0 Å². The number of benzene rings is 1. The third-order valence-electron chi connectivity index (χ3n) is 3.38. The molecular formula is C16H22N2O3S. The summed E-state index contributed by atoms with van der Waals surface area (Å²) in [4.78, 5) is 4.27. The monoisotopic (exact) mass is 322 g/mol. The van der Waals surface area contributed by atoms with Gasteiger partial charge in [0, 0.05) is 17.6 Å². The number of aliphatic hydroxyl groups excluding tert-OH is 1. The lowest BCUT2D eigenvalue weighted by Crippen LogP contribution is -2.39. The minimum Gasteiger partial charge on any atom is -0.395 e. The second kappa shape index (κ2) is 7.17. The first-order chi connectivity index (χ1) is 10.4. The summed E-state index contributed by atoms with van der Waals surface area (Å²) in [5.41, 5.74) is 1.35. The quantitative estimate of drug-likeness (QED) is 0.818. The largest absolute Gasteiger partial charge is 0.395 e. The third kappa shape index (κ3) is 4.50. The Morgan fingerprint density at radius 3 is 2.64 bits per heavy atom. The Morgan fingerprint density at radius 2 is 1.95 bits per heavy atom. The van der Waals surface area contributed by atoms with Gasteiger partial charge in [-0.3, -0.25) is 4.98 Å². The first-order valence-corrected chi connectivity index (χ1v) is 9.00. The number of aromatic nitrogens is 1. The summed E-state index contributed by atoms with van der Waals surface area (Å²) in [6.07, 6.45) is 2.25. The molecule has 0 aliphatic heterocycles. The van der Waals surface area contributed by atoms with E-state index in [4.69, 9.17) is 0 Å². The molecule has 1 heterocycles. The zero-order valence-electron chi connectivity index (χ0n) is 12.9. The van der Waals surface area contributed by atoms with E-state index >= 15 is 0 Å². The van der Waals surface area contributed by atoms with Crippen LogP contribution in [0.1, 0.15) is 25.8 Å². The van der Waals surface area contributed by atoms with Gasteiger partial charge in [-0.05, 0) is 24.0 Å². The van der Waals surface area contributed by atoms with E-state index < -0.39 is 16.1 Å². The third-order valence-corrected chi connectivity index (χ3v) is 4.77. The molecule has 2 N–H and O–H groups in total. The highest BCUT2D eigenvalue weighted by Gasteiger charge is 2.20. The number of hydrogen-bond donors (Lipinski definition) is 2. The van der Waals surface area contributed by atoms with E-state index in [0.717, 1.165) is 5.39 Å². The summed E-state index contributed by atoms with van der Waals surface area (Å²) in [5.74, 6) is 0.162. The predicted octanol–water partition coefficient (Wildman–Crippen LogP) is 2.06. The SMILES string of the molecule is CC(C)CC(CO)NS(=O)(=O)Cc1cccc2cccnc12. The fraction of sp³-hybridized carbons (Fsp3) is 0.438. The molecule has 0 amide bonds. The molecule has 1 unspecified atom stereocenters. The van der Waals surface area contributed by atoms with E-state index in [0.29, 0.717) is 23.4 Å². The van der Waals surface area contributed by atoms with Crippen LogP contribution >= 0.6 is 0 Å². The number of pyridine rings is 1. The first-order valence-electron chi connectivity index (χ1n) is 7.35. The molecule has 0 aliphatic rings. The van der Waals surface area contributed by atoms with Crippen LogP contribution in [-0.2, 0) is 15.8 Å². The molecule has 2 rings (SSSR count). The van der Waals surface area contributed by atoms with E-state index in [1.807, 2.05) is 38.1 Å². The van der Waals surface area contributed by atoms with Crippen molar-refractivity contribution in [3.8, 4) is 0 Å². The van der Waals surface area contributed by atoms with Gasteiger partial charge in [-0.25, -0.2) is 13.1 Å². The van der Waals surface area contributed by atoms with Crippen molar-refractivity contribution in [2.45, 2.75) is 32.1 Å². The normalized spacial score (nSPS) is 13.6. The molecule has 0 bridgehead atoms. The average Bonchev–Trinajstić information content (AvgIpc) is 2.46. The Hall–Kier alpha value is -1.50. The molecule has 22 heavy (non-hydrogen) atoms. The van der Waals surface area contributed by atoms with Crippen LogP contribution in [0.4, 0.5) is 0 Å². The van der Waals surface area contributed by atoms with Crippen molar-refractivity contribution in [2.75, 3.05) is 6.61 Å². The lowest BCUT2D eigenvalue weighted by Gasteiger charge is -2.18. The summed E-state index contributed by atoms with van der Waals surface area (Å²) >= 11 is 0. The number of fused-ring (bicyclic) bond motifs is 1. The number of sulfonamides is 1. The fourth-order valence-electron chi connectivity index (χ4n) is 2.51. The fourth-order valence-corrected chi connectivity index (χ4v) is 3.92. The Balaban J connectivity index is 2.20. The van der Waals surface area contributed by atoms with Gasteiger partial charge in [0.15, 0.2) is 0 Å². The molecule has 5 nitrogen and oxygen atoms in total. The van der Waals surface area contributed by atoms with Gasteiger partial charge in [-0.1, -0.05) is 38.1 Å². The van der Waals surface area contributed by atoms with Crippen molar-refractivity contribution in [3.05, 3.63) is 42.1 Å². The molecule has 0 saturated carbocycles. The molecule has 0 aliphatic carbocycles. The van der Waals surface area contributed by atoms with Gasteiger partial charge >= 0.3 is 0 Å². The number of aliphatic hydroxyl groups is 1. The molecule has 120 valence electrons. The molecule has 6 heteroatoms. The lowest BCUT2D eigenvalue weighted by molar-refractivity contribution is 0.240. The summed E-state index contributed by atoms with van der Waals surface area (Å²) in [6.45, 7) is 3.78. The maximum atomic E-state index is 12.3. The van der Waals surface area contributed by atoms with Crippen molar-refractivity contribution in [2.24, 2.45) is 5.92 Å². The van der Waals surface area contributed by atoms with Crippen molar-refractivity contribution in [1.29, 1.82) is 0 Å². The zero-order chi connectivity index (χ0) is 16.2. The molecule has 0 spiro atoms. The number of para-hydroxylation sites is 1. The van der Waals surface area contributed by atoms with Crippen molar-refractivity contribution < 1.29 is 13.5 Å². The molecule has 1 aromatic heterocycles. The van der Waals surface area contributed by atoms with E-state index in [1.54, 1.807) is 12.3 Å². The van der Waals surface area contributed by atoms with E-state index in [9.17, 15) is 13.5 Å². The van der Waals surface area contributed by atoms with Crippen LogP contribution in [-0.4, -0.2) is 31.2 Å². The van der Waals surface area contributed by atoms with Gasteiger partial charge < -0.3 is 5.11 Å². The van der Waals surface area contributed by atoms with Gasteiger partial charge in [0.2, 0.25) is 10.0 Å². The zero-order valence-corrected chi connectivity index (χ0v) is 13.7. The van der Waals surface area contributed by atoms with E-state index in [1.165, 1.54) is 0 Å². The molecular weight excluding hydrogens is 300 g/mol. The average molecular weight is 322 g/mol. The summed E-state index contributed by atoms with van der Waals surface area (Å²) in [6, 6.07) is 8.77. The molecule has 0 radical (unpaired) electrons. The summed E-state index contributed by atoms with van der Waals surface area (Å²) in [5, 5.41) is 10.2. The highest BCUT2D eigenvalue weighted by molar-refractivity contribution is 7.88. The number of rotatable bonds is 7. The maximum Gasteiger partial charge on any atom is 0.216 e. The number of nitrogens with zero attached hydrogens (tertiary/aromatic N) is 1. The number of hydrogen-bond acceptors (Lipinski definition) is 4. The number of nitrogens with one attached hydrogen (secondary N) is 1. The second-order valence-corrected chi connectivity index (χ2v) is 7.63. The highest BCUT2D eigenvalue weighted by Crippen LogP contribution is 2.18. The lowest BCUT2D eigenvalue weighted by atomic mass is 10.1. The molecule has 1 atom stereocenters. The molecule has 0 fully saturated rings. The van der Waals surface area contributed by atoms with Crippen LogP contribution in [0.25, 0.3) is 10.9 Å². The van der Waals surface area contributed by atoms with Gasteiger partial charge in [-0.2, -0.15) is 0 Å². The second-order valence-electron chi connectivity index (χ2n) is 5.88. The Bertz CT molecular complexity index is 724. The van der Waals surface area contributed by atoms with Crippen LogP contribution in [0, 0.1) is 5.92 Å². The van der Waals surface area contributed by atoms with Gasteiger partial charge in [-0.15, -0.1) is 0 Å². The first kappa shape index (κ1) is 16.9. The standard InChI is InChI=1S/C16H22N2O3S/c1-12(2)9-15(10-19)18-22(20,21)11-14-6-3-5-13-7-4-8-17-16(13)14/h3-8,12,15,18-19H,9-11H2,1-2H3. The minimum absolute atomic E-state index is 0.143. The predicted molar refractivity (Wildman–Crippen MR) is 87.8 cm³/mol. The van der Waals surface area contributed by atoms with Crippen LogP contribution in [0.15, 0.2) is 36.5 Å². The van der Waals surface area contributed by atoms with Crippen molar-refractivity contribution in [3.63, 3.8) is 0 Å². The molecule has 2 aromatic rings. The van der Waals surface area contributed by atoms with Crippen LogP contribution in [0.2, 0.25) is 0 Å². The van der Waals surface area contributed by atoms with Gasteiger partial charge in [0.1, 0.15) is 0 Å².